The second-order valence-corrected chi connectivity index (χ2v) is 7.46. The van der Waals surface area contributed by atoms with E-state index in [-0.39, 0.29) is 5.91 Å². The van der Waals surface area contributed by atoms with Crippen LogP contribution < -0.4 is 10.5 Å². The van der Waals surface area contributed by atoms with E-state index >= 15 is 0 Å². The zero-order chi connectivity index (χ0) is 23.0. The molecule has 1 heterocycles. The molecular weight excluding hydrogens is 410 g/mol. The third kappa shape index (κ3) is 5.66. The molecule has 0 unspecified atom stereocenters. The van der Waals surface area contributed by atoms with Gasteiger partial charge < -0.3 is 15.5 Å². The zero-order valence-corrected chi connectivity index (χ0v) is 18.4. The molecule has 0 aliphatic carbocycles. The van der Waals surface area contributed by atoms with Crippen LogP contribution in [0.4, 0.5) is 0 Å². The summed E-state index contributed by atoms with van der Waals surface area (Å²) in [4.78, 5) is 18.6. The molecule has 0 spiro atoms. The number of rotatable bonds is 5. The Bertz CT molecular complexity index is 1310. The minimum atomic E-state index is -0.361. The zero-order valence-electron chi connectivity index (χ0n) is 18.4. The number of nitrogens with one attached hydrogen (secondary N) is 1. The van der Waals surface area contributed by atoms with Crippen LogP contribution in [0.1, 0.15) is 22.8 Å². The summed E-state index contributed by atoms with van der Waals surface area (Å²) in [5, 5.41) is 0. The third-order valence-electron chi connectivity index (χ3n) is 5.12. The first-order valence-corrected chi connectivity index (χ1v) is 10.8. The molecule has 0 saturated heterocycles. The van der Waals surface area contributed by atoms with E-state index in [1.807, 2.05) is 104 Å². The van der Waals surface area contributed by atoms with Crippen LogP contribution in [0.5, 0.6) is 11.5 Å². The van der Waals surface area contributed by atoms with Gasteiger partial charge in [-0.2, -0.15) is 0 Å². The van der Waals surface area contributed by atoms with Gasteiger partial charge in [0.05, 0.1) is 11.0 Å². The second kappa shape index (κ2) is 10.3. The number of aromatic amines is 1. The first-order chi connectivity index (χ1) is 16.1. The predicted octanol–water partition coefficient (Wildman–Crippen LogP) is 6.37. The molecule has 5 nitrogen and oxygen atoms in total. The van der Waals surface area contributed by atoms with Crippen molar-refractivity contribution in [2.45, 2.75) is 13.3 Å². The van der Waals surface area contributed by atoms with Crippen molar-refractivity contribution in [2.75, 3.05) is 0 Å². The van der Waals surface area contributed by atoms with Gasteiger partial charge in [0, 0.05) is 11.1 Å². The number of amides is 1. The van der Waals surface area contributed by atoms with Crippen LogP contribution in [-0.2, 0) is 6.42 Å². The smallest absolute Gasteiger partial charge is 0.248 e. The molecule has 0 aliphatic heterocycles. The number of carbonyl (C=O) groups is 1. The summed E-state index contributed by atoms with van der Waals surface area (Å²) in [7, 11) is 0. The van der Waals surface area contributed by atoms with Gasteiger partial charge in [-0.25, -0.2) is 4.98 Å². The lowest BCUT2D eigenvalue weighted by Gasteiger charge is -2.05. The molecule has 5 aromatic rings. The van der Waals surface area contributed by atoms with Gasteiger partial charge >= 0.3 is 0 Å². The molecule has 5 rings (SSSR count). The Morgan fingerprint density at radius 2 is 1.55 bits per heavy atom. The van der Waals surface area contributed by atoms with E-state index in [2.05, 4.69) is 9.97 Å². The molecule has 1 amide bonds. The van der Waals surface area contributed by atoms with Crippen LogP contribution in [0.2, 0.25) is 0 Å². The monoisotopic (exact) mass is 435 g/mol. The number of primary amides is 1. The summed E-state index contributed by atoms with van der Waals surface area (Å²) in [6.45, 7) is 2.04. The maximum Gasteiger partial charge on any atom is 0.248 e. The first kappa shape index (κ1) is 21.8. The van der Waals surface area contributed by atoms with E-state index in [4.69, 9.17) is 10.5 Å². The van der Waals surface area contributed by atoms with Crippen LogP contribution in [0.25, 0.3) is 22.4 Å². The summed E-state index contributed by atoms with van der Waals surface area (Å²) in [6.07, 6.45) is 0.932. The molecule has 0 aliphatic rings. The Morgan fingerprint density at radius 3 is 2.24 bits per heavy atom. The van der Waals surface area contributed by atoms with E-state index in [1.54, 1.807) is 6.07 Å². The summed E-state index contributed by atoms with van der Waals surface area (Å²) in [6, 6.07) is 33.1. The Kier molecular flexibility index (Phi) is 6.81. The lowest BCUT2D eigenvalue weighted by molar-refractivity contribution is 0.1000. The highest BCUT2D eigenvalue weighted by Crippen LogP contribution is 2.25. The van der Waals surface area contributed by atoms with Gasteiger partial charge in [-0.15, -0.1) is 0 Å². The van der Waals surface area contributed by atoms with Crippen LogP contribution >= 0.6 is 0 Å². The Hall–Kier alpha value is -4.38. The maximum absolute atomic E-state index is 10.7. The molecule has 5 heteroatoms. The normalized spacial score (nSPS) is 10.3. The predicted molar refractivity (Wildman–Crippen MR) is 132 cm³/mol. The number of ether oxygens (including phenoxy) is 1. The Morgan fingerprint density at radius 1 is 0.848 bits per heavy atom. The highest BCUT2D eigenvalue weighted by molar-refractivity contribution is 5.92. The number of aryl methyl sites for hydroxylation is 1. The number of imidazole rings is 1. The van der Waals surface area contributed by atoms with Crippen molar-refractivity contribution in [1.29, 1.82) is 0 Å². The van der Waals surface area contributed by atoms with Gasteiger partial charge in [0.2, 0.25) is 5.91 Å². The van der Waals surface area contributed by atoms with Crippen molar-refractivity contribution < 1.29 is 9.53 Å². The average Bonchev–Trinajstić information content (AvgIpc) is 3.30. The topological polar surface area (TPSA) is 81.0 Å². The molecular formula is C28H25N3O2. The molecule has 0 radical (unpaired) electrons. The van der Waals surface area contributed by atoms with E-state index in [1.165, 1.54) is 0 Å². The fourth-order valence-electron chi connectivity index (χ4n) is 3.34. The fraction of sp³-hybridized carbons (Fsp3) is 0.0714. The van der Waals surface area contributed by atoms with Crippen LogP contribution in [-0.4, -0.2) is 15.9 Å². The third-order valence-corrected chi connectivity index (χ3v) is 5.12. The highest BCUT2D eigenvalue weighted by Gasteiger charge is 2.05. The number of H-pyrrole nitrogens is 1. The number of benzene rings is 4. The van der Waals surface area contributed by atoms with Gasteiger partial charge in [-0.05, 0) is 72.6 Å². The van der Waals surface area contributed by atoms with Crippen molar-refractivity contribution in [1.82, 2.24) is 9.97 Å². The number of fused-ring (bicyclic) bond motifs is 1. The lowest BCUT2D eigenvalue weighted by Crippen LogP contribution is -2.10. The van der Waals surface area contributed by atoms with Crippen LogP contribution in [0.15, 0.2) is 103 Å². The van der Waals surface area contributed by atoms with E-state index < -0.39 is 0 Å². The molecule has 0 bridgehead atoms. The van der Waals surface area contributed by atoms with Crippen molar-refractivity contribution in [2.24, 2.45) is 5.73 Å². The van der Waals surface area contributed by atoms with Gasteiger partial charge in [-0.3, -0.25) is 4.79 Å². The number of hydrogen-bond acceptors (Lipinski definition) is 3. The standard InChI is InChI=1S/C19H14N2O.C9H11NO/c1-2-6-15(7-3-1)22-16-12-10-14(11-13-16)19-20-17-8-4-5-9-18(17)21-19;1-2-7-4-3-5-8(6-7)9(10)11/h1-13H,(H,20,21);3-6H,2H2,1H3,(H2,10,11). The number of aromatic nitrogens is 2. The molecule has 164 valence electrons. The van der Waals surface area contributed by atoms with E-state index in [0.717, 1.165) is 45.9 Å². The summed E-state index contributed by atoms with van der Waals surface area (Å²) in [5.41, 5.74) is 9.88. The molecule has 4 aromatic carbocycles. The van der Waals surface area contributed by atoms with Gasteiger partial charge in [-0.1, -0.05) is 49.4 Å². The quantitative estimate of drug-likeness (QED) is 0.336. The summed E-state index contributed by atoms with van der Waals surface area (Å²) in [5.74, 6) is 2.15. The number of nitrogens with zero attached hydrogens (tertiary/aromatic N) is 1. The Labute approximate surface area is 192 Å². The lowest BCUT2D eigenvalue weighted by atomic mass is 10.1. The van der Waals surface area contributed by atoms with Gasteiger partial charge in [0.25, 0.3) is 0 Å². The minimum Gasteiger partial charge on any atom is -0.457 e. The Balaban J connectivity index is 0.000000200. The SMILES string of the molecule is CCc1cccc(C(N)=O)c1.c1ccc(Oc2ccc(-c3nc4ccccc4[nH]3)cc2)cc1. The largest absolute Gasteiger partial charge is 0.457 e. The number of nitrogens with two attached hydrogens (primary N) is 1. The van der Waals surface area contributed by atoms with Crippen molar-refractivity contribution >= 4 is 16.9 Å². The fourth-order valence-corrected chi connectivity index (χ4v) is 3.34. The molecule has 0 atom stereocenters. The van der Waals surface area contributed by atoms with Crippen molar-refractivity contribution in [3.8, 4) is 22.9 Å². The van der Waals surface area contributed by atoms with Crippen molar-refractivity contribution in [3.05, 3.63) is 114 Å². The van der Waals surface area contributed by atoms with Crippen molar-refractivity contribution in [3.63, 3.8) is 0 Å². The highest BCUT2D eigenvalue weighted by atomic mass is 16.5. The van der Waals surface area contributed by atoms with E-state index in [9.17, 15) is 4.79 Å². The molecule has 0 saturated carbocycles. The minimum absolute atomic E-state index is 0.361. The molecule has 0 fully saturated rings. The van der Waals surface area contributed by atoms with E-state index in [0.29, 0.717) is 5.56 Å². The maximum atomic E-state index is 10.7. The summed E-state index contributed by atoms with van der Waals surface area (Å²) >= 11 is 0. The van der Waals surface area contributed by atoms with Crippen LogP contribution in [0, 0.1) is 0 Å². The molecule has 3 N–H and O–H groups in total. The van der Waals surface area contributed by atoms with Gasteiger partial charge in [0.15, 0.2) is 0 Å². The average molecular weight is 436 g/mol. The first-order valence-electron chi connectivity index (χ1n) is 10.8. The number of hydrogen-bond donors (Lipinski definition) is 2. The number of carbonyl (C=O) groups excluding carboxylic acids is 1. The molecule has 33 heavy (non-hydrogen) atoms. The second-order valence-electron chi connectivity index (χ2n) is 7.46. The van der Waals surface area contributed by atoms with Gasteiger partial charge in [0.1, 0.15) is 17.3 Å². The number of para-hydroxylation sites is 3. The summed E-state index contributed by atoms with van der Waals surface area (Å²) < 4.78 is 5.80. The van der Waals surface area contributed by atoms with Crippen LogP contribution in [0.3, 0.4) is 0 Å². The molecule has 1 aromatic heterocycles.